The molecule has 0 atom stereocenters. The van der Waals surface area contributed by atoms with Crippen LogP contribution in [0.15, 0.2) is 18.2 Å². The first-order valence-corrected chi connectivity index (χ1v) is 9.28. The van der Waals surface area contributed by atoms with E-state index in [4.69, 9.17) is 4.74 Å². The van der Waals surface area contributed by atoms with Crippen LogP contribution in [0.2, 0.25) is 0 Å². The van der Waals surface area contributed by atoms with E-state index in [1.54, 1.807) is 13.0 Å². The lowest BCUT2D eigenvalue weighted by atomic mass is 10.2. The number of rotatable bonds is 9. The van der Waals surface area contributed by atoms with Gasteiger partial charge in [-0.1, -0.05) is 0 Å². The van der Waals surface area contributed by atoms with Crippen molar-refractivity contribution in [3.63, 3.8) is 0 Å². The molecule has 3 N–H and O–H groups in total. The summed E-state index contributed by atoms with van der Waals surface area (Å²) in [6, 6.07) is 5.09. The summed E-state index contributed by atoms with van der Waals surface area (Å²) >= 11 is 0. The Bertz CT molecular complexity index is 617. The van der Waals surface area contributed by atoms with Crippen LogP contribution in [0.4, 0.5) is 10.5 Å². The van der Waals surface area contributed by atoms with Crippen molar-refractivity contribution in [3.05, 3.63) is 23.8 Å². The summed E-state index contributed by atoms with van der Waals surface area (Å²) in [5.74, 6) is 0.847. The normalized spacial score (nSPS) is 11.1. The van der Waals surface area contributed by atoms with Gasteiger partial charge in [-0.15, -0.1) is 0 Å². The Labute approximate surface area is 137 Å². The molecular formula is C15H25N3O4S. The van der Waals surface area contributed by atoms with Gasteiger partial charge in [0.1, 0.15) is 5.75 Å². The SMILES string of the molecule is CCOc1ccc(NC(=O)NCCCNS(=O)(=O)CC)cc1C. The van der Waals surface area contributed by atoms with Gasteiger partial charge >= 0.3 is 6.03 Å². The molecule has 130 valence electrons. The Morgan fingerprint density at radius 1 is 1.22 bits per heavy atom. The molecule has 7 nitrogen and oxygen atoms in total. The number of carbonyl (C=O) groups excluding carboxylic acids is 1. The fourth-order valence-electron chi connectivity index (χ4n) is 1.84. The number of anilines is 1. The monoisotopic (exact) mass is 343 g/mol. The predicted molar refractivity (Wildman–Crippen MR) is 91.4 cm³/mol. The second kappa shape index (κ2) is 9.36. The van der Waals surface area contributed by atoms with Crippen LogP contribution in [0.3, 0.4) is 0 Å². The van der Waals surface area contributed by atoms with Crippen LogP contribution in [0.1, 0.15) is 25.8 Å². The van der Waals surface area contributed by atoms with E-state index >= 15 is 0 Å². The third-order valence-corrected chi connectivity index (χ3v) is 4.48. The van der Waals surface area contributed by atoms with Gasteiger partial charge in [0.25, 0.3) is 0 Å². The number of hydrogen-bond acceptors (Lipinski definition) is 4. The number of aryl methyl sites for hydroxylation is 1. The van der Waals surface area contributed by atoms with E-state index in [1.807, 2.05) is 26.0 Å². The Morgan fingerprint density at radius 3 is 2.57 bits per heavy atom. The topological polar surface area (TPSA) is 96.5 Å². The molecule has 0 saturated heterocycles. The van der Waals surface area contributed by atoms with E-state index in [9.17, 15) is 13.2 Å². The van der Waals surface area contributed by atoms with Crippen molar-refractivity contribution in [2.45, 2.75) is 27.2 Å². The van der Waals surface area contributed by atoms with Gasteiger partial charge in [0.2, 0.25) is 10.0 Å². The lowest BCUT2D eigenvalue weighted by molar-refractivity contribution is 0.252. The molecule has 0 radical (unpaired) electrons. The largest absolute Gasteiger partial charge is 0.494 e. The molecular weight excluding hydrogens is 318 g/mol. The molecule has 2 amide bonds. The number of hydrogen-bond donors (Lipinski definition) is 3. The predicted octanol–water partition coefficient (Wildman–Crippen LogP) is 1.84. The number of nitrogens with one attached hydrogen (secondary N) is 3. The molecule has 0 aliphatic rings. The molecule has 0 saturated carbocycles. The average molecular weight is 343 g/mol. The van der Waals surface area contributed by atoms with Crippen LogP contribution >= 0.6 is 0 Å². The Morgan fingerprint density at radius 2 is 1.96 bits per heavy atom. The molecule has 1 aromatic rings. The minimum atomic E-state index is -3.17. The molecule has 0 aliphatic heterocycles. The number of urea groups is 1. The second-order valence-electron chi connectivity index (χ2n) is 4.95. The van der Waals surface area contributed by atoms with Crippen molar-refractivity contribution in [2.24, 2.45) is 0 Å². The standard InChI is InChI=1S/C15H25N3O4S/c1-4-22-14-8-7-13(11-12(14)3)18-15(19)16-9-6-10-17-23(20,21)5-2/h7-8,11,17H,4-6,9-10H2,1-3H3,(H2,16,18,19). The van der Waals surface area contributed by atoms with Crippen LogP contribution in [-0.2, 0) is 10.0 Å². The maximum Gasteiger partial charge on any atom is 0.319 e. The quantitative estimate of drug-likeness (QED) is 0.596. The summed E-state index contributed by atoms with van der Waals surface area (Å²) in [5.41, 5.74) is 1.62. The van der Waals surface area contributed by atoms with Gasteiger partial charge in [-0.25, -0.2) is 17.9 Å². The van der Waals surface area contributed by atoms with Gasteiger partial charge in [0.05, 0.1) is 12.4 Å². The maximum atomic E-state index is 11.8. The van der Waals surface area contributed by atoms with E-state index in [1.165, 1.54) is 0 Å². The molecule has 0 bridgehead atoms. The smallest absolute Gasteiger partial charge is 0.319 e. The van der Waals surface area contributed by atoms with E-state index in [0.29, 0.717) is 31.8 Å². The van der Waals surface area contributed by atoms with Crippen LogP contribution in [0, 0.1) is 6.92 Å². The molecule has 1 rings (SSSR count). The molecule has 8 heteroatoms. The van der Waals surface area contributed by atoms with Gasteiger partial charge in [-0.2, -0.15) is 0 Å². The van der Waals surface area contributed by atoms with Gasteiger partial charge in [-0.05, 0) is 51.0 Å². The van der Waals surface area contributed by atoms with Crippen LogP contribution in [-0.4, -0.2) is 39.9 Å². The summed E-state index contributed by atoms with van der Waals surface area (Å²) in [6.45, 7) is 6.68. The first-order valence-electron chi connectivity index (χ1n) is 7.63. The first kappa shape index (κ1) is 19.2. The third kappa shape index (κ3) is 7.34. The van der Waals surface area contributed by atoms with Gasteiger partial charge in [0, 0.05) is 18.8 Å². The molecule has 1 aromatic carbocycles. The number of benzene rings is 1. The molecule has 0 aromatic heterocycles. The molecule has 0 heterocycles. The Balaban J connectivity index is 2.33. The zero-order valence-corrected chi connectivity index (χ0v) is 14.6. The lowest BCUT2D eigenvalue weighted by Gasteiger charge is -2.11. The molecule has 0 fully saturated rings. The average Bonchev–Trinajstić information content (AvgIpc) is 2.50. The Hall–Kier alpha value is -1.80. The van der Waals surface area contributed by atoms with Crippen molar-refractivity contribution < 1.29 is 17.9 Å². The minimum absolute atomic E-state index is 0.0536. The summed E-state index contributed by atoms with van der Waals surface area (Å²) in [4.78, 5) is 11.8. The van der Waals surface area contributed by atoms with E-state index in [2.05, 4.69) is 15.4 Å². The van der Waals surface area contributed by atoms with Crippen LogP contribution < -0.4 is 20.1 Å². The highest BCUT2D eigenvalue weighted by Crippen LogP contribution is 2.21. The van der Waals surface area contributed by atoms with Gasteiger partial charge < -0.3 is 15.4 Å². The van der Waals surface area contributed by atoms with Gasteiger partial charge in [-0.3, -0.25) is 0 Å². The summed E-state index contributed by atoms with van der Waals surface area (Å²) < 4.78 is 30.3. The second-order valence-corrected chi connectivity index (χ2v) is 7.04. The van der Waals surface area contributed by atoms with Crippen molar-refractivity contribution in [1.82, 2.24) is 10.0 Å². The number of ether oxygens (including phenoxy) is 1. The van der Waals surface area contributed by atoms with Crippen molar-refractivity contribution in [2.75, 3.05) is 30.8 Å². The number of sulfonamides is 1. The Kier molecular flexibility index (Phi) is 7.84. The van der Waals surface area contributed by atoms with E-state index in [0.717, 1.165) is 11.3 Å². The number of carbonyl (C=O) groups is 1. The fraction of sp³-hybridized carbons (Fsp3) is 0.533. The van der Waals surface area contributed by atoms with Gasteiger partial charge in [0.15, 0.2) is 0 Å². The third-order valence-electron chi connectivity index (χ3n) is 3.07. The van der Waals surface area contributed by atoms with E-state index in [-0.39, 0.29) is 11.8 Å². The fourth-order valence-corrected chi connectivity index (χ4v) is 2.50. The molecule has 0 aliphatic carbocycles. The first-order chi connectivity index (χ1) is 10.9. The highest BCUT2D eigenvalue weighted by molar-refractivity contribution is 7.89. The van der Waals surface area contributed by atoms with Crippen molar-refractivity contribution in [3.8, 4) is 5.75 Å². The van der Waals surface area contributed by atoms with E-state index < -0.39 is 10.0 Å². The zero-order chi connectivity index (χ0) is 17.3. The molecule has 23 heavy (non-hydrogen) atoms. The minimum Gasteiger partial charge on any atom is -0.494 e. The molecule has 0 spiro atoms. The zero-order valence-electron chi connectivity index (χ0n) is 13.8. The summed E-state index contributed by atoms with van der Waals surface area (Å²) in [7, 11) is -3.17. The summed E-state index contributed by atoms with van der Waals surface area (Å²) in [6.07, 6.45) is 0.523. The van der Waals surface area contributed by atoms with Crippen molar-refractivity contribution in [1.29, 1.82) is 0 Å². The maximum absolute atomic E-state index is 11.8. The highest BCUT2D eigenvalue weighted by Gasteiger charge is 2.06. The number of amides is 2. The highest BCUT2D eigenvalue weighted by atomic mass is 32.2. The molecule has 0 unspecified atom stereocenters. The van der Waals surface area contributed by atoms with Crippen LogP contribution in [0.25, 0.3) is 0 Å². The van der Waals surface area contributed by atoms with Crippen LogP contribution in [0.5, 0.6) is 5.75 Å². The lowest BCUT2D eigenvalue weighted by Crippen LogP contribution is -2.32. The van der Waals surface area contributed by atoms with Crippen molar-refractivity contribution >= 4 is 21.7 Å². The summed E-state index contributed by atoms with van der Waals surface area (Å²) in [5, 5.41) is 5.40.